The van der Waals surface area contributed by atoms with Gasteiger partial charge >= 0.3 is 12.2 Å². The average molecular weight is 316 g/mol. The molecule has 8 nitrogen and oxygen atoms in total. The zero-order chi connectivity index (χ0) is 16.3. The zero-order valence-corrected chi connectivity index (χ0v) is 13.0. The van der Waals surface area contributed by atoms with Crippen LogP contribution >= 0.6 is 0 Å². The normalized spacial score (nSPS) is 27.6. The van der Waals surface area contributed by atoms with Gasteiger partial charge in [0.1, 0.15) is 0 Å². The van der Waals surface area contributed by atoms with Gasteiger partial charge in [0.25, 0.3) is 0 Å². The minimum atomic E-state index is -1.16. The molecule has 2 amide bonds. The molecule has 1 saturated carbocycles. The zero-order valence-electron chi connectivity index (χ0n) is 13.0. The fourth-order valence-corrected chi connectivity index (χ4v) is 3.25. The molecule has 22 heavy (non-hydrogen) atoms. The van der Waals surface area contributed by atoms with Crippen LogP contribution in [-0.4, -0.2) is 70.0 Å². The molecule has 0 aromatic heterocycles. The third-order valence-corrected chi connectivity index (χ3v) is 4.09. The van der Waals surface area contributed by atoms with Crippen LogP contribution in [0, 0.1) is 0 Å². The number of hydrogen-bond acceptors (Lipinski definition) is 6. The summed E-state index contributed by atoms with van der Waals surface area (Å²) in [7, 11) is 0. The van der Waals surface area contributed by atoms with Crippen LogP contribution in [0.5, 0.6) is 0 Å². The second-order valence-electron chi connectivity index (χ2n) is 5.77. The summed E-state index contributed by atoms with van der Waals surface area (Å²) in [6, 6.07) is -0.286. The maximum atomic E-state index is 12.1. The molecule has 2 fully saturated rings. The lowest BCUT2D eigenvalue weighted by atomic mass is 9.86. The van der Waals surface area contributed by atoms with E-state index in [0.717, 1.165) is 25.7 Å². The van der Waals surface area contributed by atoms with Gasteiger partial charge in [0.05, 0.1) is 12.1 Å². The fraction of sp³-hybridized carbons (Fsp3) is 0.857. The first-order valence-corrected chi connectivity index (χ1v) is 7.70. The Morgan fingerprint density at radius 3 is 1.59 bits per heavy atom. The summed E-state index contributed by atoms with van der Waals surface area (Å²) in [5, 5.41) is 18.4. The number of nitrogens with zero attached hydrogens (tertiary/aromatic N) is 2. The second kappa shape index (κ2) is 7.15. The van der Waals surface area contributed by atoms with Gasteiger partial charge in [0.2, 0.25) is 0 Å². The topological polar surface area (TPSA) is 99.5 Å². The lowest BCUT2D eigenvalue weighted by Gasteiger charge is -2.48. The molecule has 1 aliphatic heterocycles. The molecule has 1 heterocycles. The summed E-state index contributed by atoms with van der Waals surface area (Å²) in [5.74, 6) is 0. The molecule has 2 aliphatic rings. The third-order valence-electron chi connectivity index (χ3n) is 4.09. The number of hydrogen-bond donors (Lipinski definition) is 2. The summed E-state index contributed by atoms with van der Waals surface area (Å²) < 4.78 is 9.73. The summed E-state index contributed by atoms with van der Waals surface area (Å²) in [6.45, 7) is 3.41. The number of ether oxygens (including phenoxy) is 2. The van der Waals surface area contributed by atoms with Gasteiger partial charge in [-0.1, -0.05) is 12.8 Å². The van der Waals surface area contributed by atoms with Gasteiger partial charge in [-0.2, -0.15) is 0 Å². The molecule has 1 aliphatic carbocycles. The summed E-state index contributed by atoms with van der Waals surface area (Å²) in [4.78, 5) is 27.3. The fourth-order valence-electron chi connectivity index (χ4n) is 3.25. The highest BCUT2D eigenvalue weighted by atomic mass is 16.7. The minimum Gasteiger partial charge on any atom is -0.420 e. The Labute approximate surface area is 129 Å². The van der Waals surface area contributed by atoms with Gasteiger partial charge in [0, 0.05) is 13.1 Å². The molecule has 0 aromatic carbocycles. The van der Waals surface area contributed by atoms with Gasteiger partial charge in [-0.05, 0) is 26.7 Å². The Morgan fingerprint density at radius 2 is 1.27 bits per heavy atom. The van der Waals surface area contributed by atoms with Gasteiger partial charge in [-0.3, -0.25) is 0 Å². The van der Waals surface area contributed by atoms with E-state index < -0.39 is 24.8 Å². The van der Waals surface area contributed by atoms with E-state index in [-0.39, 0.29) is 12.1 Å². The highest BCUT2D eigenvalue weighted by Gasteiger charge is 2.43. The van der Waals surface area contributed by atoms with E-state index in [4.69, 9.17) is 9.47 Å². The Morgan fingerprint density at radius 1 is 0.909 bits per heavy atom. The number of carbonyl (C=O) groups excluding carboxylic acids is 2. The molecule has 1 saturated heterocycles. The predicted molar refractivity (Wildman–Crippen MR) is 75.8 cm³/mol. The number of rotatable bonds is 2. The first kappa shape index (κ1) is 16.8. The van der Waals surface area contributed by atoms with Crippen molar-refractivity contribution in [2.45, 2.75) is 64.2 Å². The number of amides is 2. The van der Waals surface area contributed by atoms with E-state index in [1.54, 1.807) is 9.80 Å². The van der Waals surface area contributed by atoms with Gasteiger partial charge in [-0.25, -0.2) is 9.59 Å². The Bertz CT molecular complexity index is 376. The summed E-state index contributed by atoms with van der Waals surface area (Å²) in [5.41, 5.74) is 0. The lowest BCUT2D eigenvalue weighted by Crippen LogP contribution is -2.63. The van der Waals surface area contributed by atoms with Crippen molar-refractivity contribution in [1.29, 1.82) is 0 Å². The number of aliphatic hydroxyl groups is 2. The minimum absolute atomic E-state index is 0.143. The molecule has 126 valence electrons. The Kier molecular flexibility index (Phi) is 5.47. The van der Waals surface area contributed by atoms with Crippen LogP contribution in [0.25, 0.3) is 0 Å². The van der Waals surface area contributed by atoms with E-state index in [9.17, 15) is 19.8 Å². The molecule has 0 spiro atoms. The average Bonchev–Trinajstić information content (AvgIpc) is 2.44. The molecule has 0 radical (unpaired) electrons. The Hall–Kier alpha value is -1.54. The van der Waals surface area contributed by atoms with Crippen LogP contribution in [-0.2, 0) is 9.47 Å². The maximum absolute atomic E-state index is 12.1. The first-order chi connectivity index (χ1) is 10.4. The first-order valence-electron chi connectivity index (χ1n) is 7.70. The highest BCUT2D eigenvalue weighted by Crippen LogP contribution is 2.31. The number of piperazine rings is 1. The highest BCUT2D eigenvalue weighted by molar-refractivity contribution is 5.71. The van der Waals surface area contributed by atoms with Crippen molar-refractivity contribution in [2.24, 2.45) is 0 Å². The van der Waals surface area contributed by atoms with E-state index in [0.29, 0.717) is 13.1 Å². The summed E-state index contributed by atoms with van der Waals surface area (Å²) in [6.07, 6.45) is 0.0555. The molecule has 2 unspecified atom stereocenters. The molecule has 0 aromatic rings. The smallest absolute Gasteiger partial charge is 0.412 e. The molecule has 2 rings (SSSR count). The van der Waals surface area contributed by atoms with E-state index >= 15 is 0 Å². The second-order valence-corrected chi connectivity index (χ2v) is 5.77. The number of aliphatic hydroxyl groups excluding tert-OH is 2. The van der Waals surface area contributed by atoms with E-state index in [1.807, 2.05) is 0 Å². The van der Waals surface area contributed by atoms with Crippen molar-refractivity contribution >= 4 is 12.2 Å². The van der Waals surface area contributed by atoms with E-state index in [2.05, 4.69) is 0 Å². The number of fused-ring (bicyclic) bond motifs is 1. The van der Waals surface area contributed by atoms with Crippen LogP contribution in [0.15, 0.2) is 0 Å². The molecular formula is C14H24N2O6. The van der Waals surface area contributed by atoms with Crippen LogP contribution < -0.4 is 0 Å². The van der Waals surface area contributed by atoms with Crippen molar-refractivity contribution < 1.29 is 29.3 Å². The van der Waals surface area contributed by atoms with Crippen LogP contribution in [0.3, 0.4) is 0 Å². The molecule has 8 heteroatoms. The lowest BCUT2D eigenvalue weighted by molar-refractivity contribution is -0.0835. The van der Waals surface area contributed by atoms with Crippen LogP contribution in [0.1, 0.15) is 39.5 Å². The van der Waals surface area contributed by atoms with Crippen LogP contribution in [0.4, 0.5) is 9.59 Å². The monoisotopic (exact) mass is 316 g/mol. The van der Waals surface area contributed by atoms with Crippen molar-refractivity contribution in [3.63, 3.8) is 0 Å². The van der Waals surface area contributed by atoms with Crippen molar-refractivity contribution in [1.82, 2.24) is 9.80 Å². The van der Waals surface area contributed by atoms with Gasteiger partial charge < -0.3 is 29.5 Å². The molecule has 2 N–H and O–H groups in total. The standard InChI is InChI=1S/C14H24N2O6/c1-9(17)21-13(19)15-7-8-16(14(20)22-10(2)18)12-6-4-3-5-11(12)15/h9-12,17-18H,3-8H2,1-2H3/t9-,10-,11?,12?/m0/s1. The van der Waals surface area contributed by atoms with Crippen LogP contribution in [0.2, 0.25) is 0 Å². The largest absolute Gasteiger partial charge is 0.420 e. The van der Waals surface area contributed by atoms with E-state index in [1.165, 1.54) is 13.8 Å². The predicted octanol–water partition coefficient (Wildman–Crippen LogP) is 0.865. The van der Waals surface area contributed by atoms with Gasteiger partial charge in [0.15, 0.2) is 12.6 Å². The third kappa shape index (κ3) is 3.80. The van der Waals surface area contributed by atoms with Crippen molar-refractivity contribution in [2.75, 3.05) is 13.1 Å². The summed E-state index contributed by atoms with van der Waals surface area (Å²) >= 11 is 0. The molecule has 0 bridgehead atoms. The molecule has 4 atom stereocenters. The maximum Gasteiger partial charge on any atom is 0.412 e. The quantitative estimate of drug-likeness (QED) is 0.733. The van der Waals surface area contributed by atoms with Gasteiger partial charge in [-0.15, -0.1) is 0 Å². The number of carbonyl (C=O) groups is 2. The molecular weight excluding hydrogens is 292 g/mol. The SMILES string of the molecule is C[C@@H](O)OC(=O)N1CCN(C(=O)O[C@@H](C)O)C2CCCCC21. The van der Waals surface area contributed by atoms with Crippen molar-refractivity contribution in [3.05, 3.63) is 0 Å². The van der Waals surface area contributed by atoms with Crippen molar-refractivity contribution in [3.8, 4) is 0 Å². The Balaban J connectivity index is 2.09.